The molecule has 2 heterocycles. The van der Waals surface area contributed by atoms with Crippen molar-refractivity contribution in [2.45, 2.75) is 13.0 Å². The summed E-state index contributed by atoms with van der Waals surface area (Å²) >= 11 is 3.10. The van der Waals surface area contributed by atoms with Gasteiger partial charge in [-0.15, -0.1) is 22.7 Å². The van der Waals surface area contributed by atoms with E-state index in [4.69, 9.17) is 0 Å². The summed E-state index contributed by atoms with van der Waals surface area (Å²) in [5.41, 5.74) is 0.897. The Hall–Kier alpha value is -1.69. The van der Waals surface area contributed by atoms with E-state index in [9.17, 15) is 9.90 Å². The molecule has 0 atom stereocenters. The van der Waals surface area contributed by atoms with Crippen LogP contribution < -0.4 is 5.32 Å². The number of carboxylic acids is 1. The fourth-order valence-corrected chi connectivity index (χ4v) is 4.10. The Bertz CT molecular complexity index is 747. The molecule has 3 nitrogen and oxygen atoms in total. The third kappa shape index (κ3) is 3.15. The van der Waals surface area contributed by atoms with E-state index in [-0.39, 0.29) is 0 Å². The number of hydrogen-bond acceptors (Lipinski definition) is 4. The van der Waals surface area contributed by atoms with Crippen molar-refractivity contribution < 1.29 is 9.90 Å². The number of nitrogens with one attached hydrogen (secondary N) is 1. The SMILES string of the molecule is O=C(O)c1sc2ccccc2c1CNCCc1cccs1. The molecule has 0 saturated carbocycles. The van der Waals surface area contributed by atoms with Crippen LogP contribution >= 0.6 is 22.7 Å². The van der Waals surface area contributed by atoms with Gasteiger partial charge in [0.1, 0.15) is 4.88 Å². The summed E-state index contributed by atoms with van der Waals surface area (Å²) < 4.78 is 1.03. The van der Waals surface area contributed by atoms with Crippen molar-refractivity contribution in [1.82, 2.24) is 5.32 Å². The van der Waals surface area contributed by atoms with Gasteiger partial charge in [-0.05, 0) is 34.9 Å². The maximum Gasteiger partial charge on any atom is 0.346 e. The van der Waals surface area contributed by atoms with Gasteiger partial charge in [-0.2, -0.15) is 0 Å². The lowest BCUT2D eigenvalue weighted by molar-refractivity contribution is 0.0701. The lowest BCUT2D eigenvalue weighted by Gasteiger charge is -2.04. The molecule has 0 amide bonds. The maximum absolute atomic E-state index is 11.4. The van der Waals surface area contributed by atoms with Crippen LogP contribution in [0.5, 0.6) is 0 Å². The predicted octanol–water partition coefficient (Wildman–Crippen LogP) is 3.99. The van der Waals surface area contributed by atoms with Crippen molar-refractivity contribution in [3.63, 3.8) is 0 Å². The summed E-state index contributed by atoms with van der Waals surface area (Å²) in [6.07, 6.45) is 0.974. The van der Waals surface area contributed by atoms with E-state index in [2.05, 4.69) is 22.8 Å². The van der Waals surface area contributed by atoms with Crippen LogP contribution in [0.15, 0.2) is 41.8 Å². The molecular formula is C16H15NO2S2. The van der Waals surface area contributed by atoms with E-state index in [0.29, 0.717) is 11.4 Å². The summed E-state index contributed by atoms with van der Waals surface area (Å²) in [6, 6.07) is 12.0. The minimum atomic E-state index is -0.841. The van der Waals surface area contributed by atoms with E-state index in [0.717, 1.165) is 28.6 Å². The Kier molecular flexibility index (Phi) is 4.34. The smallest absolute Gasteiger partial charge is 0.346 e. The van der Waals surface area contributed by atoms with Gasteiger partial charge in [-0.25, -0.2) is 4.79 Å². The second-order valence-electron chi connectivity index (χ2n) is 4.72. The van der Waals surface area contributed by atoms with Gasteiger partial charge in [0.05, 0.1) is 0 Å². The molecule has 108 valence electrons. The Balaban J connectivity index is 1.73. The zero-order chi connectivity index (χ0) is 14.7. The van der Waals surface area contributed by atoms with Gasteiger partial charge >= 0.3 is 5.97 Å². The largest absolute Gasteiger partial charge is 0.477 e. The van der Waals surface area contributed by atoms with Crippen LogP contribution in [-0.4, -0.2) is 17.6 Å². The van der Waals surface area contributed by atoms with E-state index >= 15 is 0 Å². The molecule has 0 unspecified atom stereocenters. The molecule has 0 saturated heterocycles. The standard InChI is InChI=1S/C16H15NO2S2/c18-16(19)15-13(12-5-1-2-6-14(12)21-15)10-17-8-7-11-4-3-9-20-11/h1-6,9,17H,7-8,10H2,(H,18,19). The fourth-order valence-electron chi connectivity index (χ4n) is 2.33. The summed E-state index contributed by atoms with van der Waals surface area (Å²) in [4.78, 5) is 13.2. The molecule has 3 aromatic rings. The predicted molar refractivity (Wildman–Crippen MR) is 88.5 cm³/mol. The molecule has 2 aromatic heterocycles. The highest BCUT2D eigenvalue weighted by molar-refractivity contribution is 7.21. The highest BCUT2D eigenvalue weighted by Gasteiger charge is 2.16. The number of rotatable bonds is 6. The third-order valence-corrected chi connectivity index (χ3v) is 5.46. The van der Waals surface area contributed by atoms with E-state index in [1.807, 2.05) is 24.3 Å². The van der Waals surface area contributed by atoms with E-state index in [1.54, 1.807) is 11.3 Å². The van der Waals surface area contributed by atoms with Crippen LogP contribution in [0.3, 0.4) is 0 Å². The molecule has 0 spiro atoms. The van der Waals surface area contributed by atoms with Crippen LogP contribution in [0.4, 0.5) is 0 Å². The first-order valence-corrected chi connectivity index (χ1v) is 8.42. The molecule has 0 aliphatic heterocycles. The minimum Gasteiger partial charge on any atom is -0.477 e. The fraction of sp³-hybridized carbons (Fsp3) is 0.188. The molecule has 2 N–H and O–H groups in total. The van der Waals surface area contributed by atoms with Gasteiger partial charge < -0.3 is 10.4 Å². The molecule has 3 rings (SSSR count). The molecule has 0 radical (unpaired) electrons. The summed E-state index contributed by atoms with van der Waals surface area (Å²) in [6.45, 7) is 1.45. The lowest BCUT2D eigenvalue weighted by Crippen LogP contribution is -2.17. The summed E-state index contributed by atoms with van der Waals surface area (Å²) in [5, 5.41) is 15.8. The molecule has 0 fully saturated rings. The molecule has 0 bridgehead atoms. The van der Waals surface area contributed by atoms with Crippen LogP contribution in [0.1, 0.15) is 20.1 Å². The van der Waals surface area contributed by atoms with Crippen LogP contribution in [0.2, 0.25) is 0 Å². The van der Waals surface area contributed by atoms with E-state index < -0.39 is 5.97 Å². The molecule has 5 heteroatoms. The number of thiophene rings is 2. The van der Waals surface area contributed by atoms with Gasteiger partial charge in [0.25, 0.3) is 0 Å². The normalized spacial score (nSPS) is 11.0. The third-order valence-electron chi connectivity index (χ3n) is 3.32. The second-order valence-corrected chi connectivity index (χ2v) is 6.80. The second kappa shape index (κ2) is 6.39. The van der Waals surface area contributed by atoms with Crippen molar-refractivity contribution in [2.75, 3.05) is 6.54 Å². The summed E-state index contributed by atoms with van der Waals surface area (Å²) in [7, 11) is 0. The lowest BCUT2D eigenvalue weighted by atomic mass is 10.1. The van der Waals surface area contributed by atoms with Crippen molar-refractivity contribution in [3.05, 3.63) is 57.1 Å². The highest BCUT2D eigenvalue weighted by Crippen LogP contribution is 2.31. The Morgan fingerprint density at radius 2 is 2.05 bits per heavy atom. The first-order chi connectivity index (χ1) is 10.3. The first-order valence-electron chi connectivity index (χ1n) is 6.72. The molecule has 0 aliphatic carbocycles. The number of hydrogen-bond donors (Lipinski definition) is 2. The van der Waals surface area contributed by atoms with Crippen molar-refractivity contribution in [1.29, 1.82) is 0 Å². The average molecular weight is 317 g/mol. The topological polar surface area (TPSA) is 49.3 Å². The van der Waals surface area contributed by atoms with Gasteiger partial charge in [-0.3, -0.25) is 0 Å². The Morgan fingerprint density at radius 1 is 1.19 bits per heavy atom. The zero-order valence-electron chi connectivity index (χ0n) is 11.3. The van der Waals surface area contributed by atoms with Crippen LogP contribution in [-0.2, 0) is 13.0 Å². The van der Waals surface area contributed by atoms with Crippen LogP contribution in [0.25, 0.3) is 10.1 Å². The monoisotopic (exact) mass is 317 g/mol. The van der Waals surface area contributed by atoms with Crippen molar-refractivity contribution in [2.24, 2.45) is 0 Å². The average Bonchev–Trinajstić information content (AvgIpc) is 3.11. The first kappa shape index (κ1) is 14.3. The zero-order valence-corrected chi connectivity index (χ0v) is 13.0. The van der Waals surface area contributed by atoms with Crippen LogP contribution in [0, 0.1) is 0 Å². The number of benzene rings is 1. The molecular weight excluding hydrogens is 302 g/mol. The van der Waals surface area contributed by atoms with Gasteiger partial charge in [0, 0.05) is 22.7 Å². The summed E-state index contributed by atoms with van der Waals surface area (Å²) in [5.74, 6) is -0.841. The van der Waals surface area contributed by atoms with Gasteiger partial charge in [0.15, 0.2) is 0 Å². The molecule has 0 aliphatic rings. The Labute approximate surface area is 130 Å². The molecule has 1 aromatic carbocycles. The number of aromatic carboxylic acids is 1. The van der Waals surface area contributed by atoms with Crippen molar-refractivity contribution >= 4 is 38.7 Å². The highest BCUT2D eigenvalue weighted by atomic mass is 32.1. The van der Waals surface area contributed by atoms with Gasteiger partial charge in [-0.1, -0.05) is 24.3 Å². The van der Waals surface area contributed by atoms with E-state index in [1.165, 1.54) is 16.2 Å². The Morgan fingerprint density at radius 3 is 2.81 bits per heavy atom. The molecule has 21 heavy (non-hydrogen) atoms. The van der Waals surface area contributed by atoms with Gasteiger partial charge in [0.2, 0.25) is 0 Å². The maximum atomic E-state index is 11.4. The quantitative estimate of drug-likeness (QED) is 0.676. The number of carboxylic acid groups (broad SMARTS) is 1. The van der Waals surface area contributed by atoms with Crippen molar-refractivity contribution in [3.8, 4) is 0 Å². The number of fused-ring (bicyclic) bond motifs is 1. The number of carbonyl (C=O) groups is 1. The minimum absolute atomic E-state index is 0.444.